The normalized spacial score (nSPS) is 17.6. The molecule has 0 radical (unpaired) electrons. The van der Waals surface area contributed by atoms with Crippen LogP contribution in [0.25, 0.3) is 0 Å². The first-order valence-corrected chi connectivity index (χ1v) is 5.80. The quantitative estimate of drug-likeness (QED) is 0.752. The highest BCUT2D eigenvalue weighted by atomic mass is 16.2. The Hall–Kier alpha value is -1.62. The third-order valence-corrected chi connectivity index (χ3v) is 2.94. The lowest BCUT2D eigenvalue weighted by atomic mass is 10.2. The SMILES string of the molecule is Cn1cccc1C(=O)CN1CCCNC(=O)C1. The van der Waals surface area contributed by atoms with Crippen LogP contribution in [0.3, 0.4) is 0 Å². The summed E-state index contributed by atoms with van der Waals surface area (Å²) < 4.78 is 1.81. The number of hydrogen-bond donors (Lipinski definition) is 1. The predicted molar refractivity (Wildman–Crippen MR) is 63.8 cm³/mol. The molecule has 1 aromatic rings. The molecule has 0 atom stereocenters. The van der Waals surface area contributed by atoms with Gasteiger partial charge in [0.1, 0.15) is 0 Å². The maximum absolute atomic E-state index is 12.0. The number of aryl methyl sites for hydroxylation is 1. The van der Waals surface area contributed by atoms with Gasteiger partial charge in [-0.15, -0.1) is 0 Å². The minimum atomic E-state index is 0.00202. The fraction of sp³-hybridized carbons (Fsp3) is 0.500. The van der Waals surface area contributed by atoms with Crippen molar-refractivity contribution < 1.29 is 9.59 Å². The lowest BCUT2D eigenvalue weighted by molar-refractivity contribution is -0.121. The van der Waals surface area contributed by atoms with Crippen LogP contribution in [0.15, 0.2) is 18.3 Å². The second kappa shape index (κ2) is 5.14. The molecule has 92 valence electrons. The number of amides is 1. The molecule has 0 unspecified atom stereocenters. The number of carbonyl (C=O) groups excluding carboxylic acids is 2. The second-order valence-electron chi connectivity index (χ2n) is 4.34. The molecule has 1 N–H and O–H groups in total. The maximum atomic E-state index is 12.0. The van der Waals surface area contributed by atoms with Gasteiger partial charge >= 0.3 is 0 Å². The van der Waals surface area contributed by atoms with Gasteiger partial charge in [-0.2, -0.15) is 0 Å². The first-order chi connectivity index (χ1) is 8.16. The molecule has 2 heterocycles. The summed E-state index contributed by atoms with van der Waals surface area (Å²) in [7, 11) is 1.85. The summed E-state index contributed by atoms with van der Waals surface area (Å²) in [5, 5.41) is 2.80. The van der Waals surface area contributed by atoms with Crippen LogP contribution in [-0.2, 0) is 11.8 Å². The third-order valence-electron chi connectivity index (χ3n) is 2.94. The third kappa shape index (κ3) is 2.94. The molecule has 5 nitrogen and oxygen atoms in total. The van der Waals surface area contributed by atoms with Crippen LogP contribution in [-0.4, -0.2) is 47.3 Å². The molecule has 5 heteroatoms. The zero-order valence-corrected chi connectivity index (χ0v) is 9.98. The van der Waals surface area contributed by atoms with Crippen LogP contribution in [0.5, 0.6) is 0 Å². The van der Waals surface area contributed by atoms with Gasteiger partial charge in [0.15, 0.2) is 5.78 Å². The Morgan fingerprint density at radius 2 is 2.35 bits per heavy atom. The summed E-state index contributed by atoms with van der Waals surface area (Å²) in [5.74, 6) is 0.0642. The fourth-order valence-electron chi connectivity index (χ4n) is 2.04. The van der Waals surface area contributed by atoms with Gasteiger partial charge in [0.2, 0.25) is 5.91 Å². The van der Waals surface area contributed by atoms with Crippen LogP contribution < -0.4 is 5.32 Å². The molecule has 0 aliphatic carbocycles. The molecular formula is C12H17N3O2. The summed E-state index contributed by atoms with van der Waals surface area (Å²) in [6.07, 6.45) is 2.74. The lowest BCUT2D eigenvalue weighted by Gasteiger charge is -2.17. The predicted octanol–water partition coefficient (Wildman–Crippen LogP) is 0.0297. The van der Waals surface area contributed by atoms with Crippen molar-refractivity contribution >= 4 is 11.7 Å². The van der Waals surface area contributed by atoms with E-state index in [-0.39, 0.29) is 11.7 Å². The Morgan fingerprint density at radius 3 is 3.06 bits per heavy atom. The minimum absolute atomic E-state index is 0.00202. The second-order valence-corrected chi connectivity index (χ2v) is 4.34. The minimum Gasteiger partial charge on any atom is -0.355 e. The Morgan fingerprint density at radius 1 is 1.53 bits per heavy atom. The summed E-state index contributed by atoms with van der Waals surface area (Å²) in [4.78, 5) is 25.3. The first kappa shape index (κ1) is 11.9. The van der Waals surface area contributed by atoms with Gasteiger partial charge in [-0.3, -0.25) is 14.5 Å². The van der Waals surface area contributed by atoms with E-state index in [1.165, 1.54) is 0 Å². The Balaban J connectivity index is 1.98. The number of nitrogens with zero attached hydrogens (tertiary/aromatic N) is 2. The Bertz CT molecular complexity index is 425. The van der Waals surface area contributed by atoms with Crippen molar-refractivity contribution in [1.82, 2.24) is 14.8 Å². The van der Waals surface area contributed by atoms with Gasteiger partial charge in [0, 0.05) is 26.3 Å². The van der Waals surface area contributed by atoms with Crippen LogP contribution in [0.2, 0.25) is 0 Å². The van der Waals surface area contributed by atoms with E-state index in [1.54, 1.807) is 10.6 Å². The summed E-state index contributed by atoms with van der Waals surface area (Å²) in [6.45, 7) is 2.12. The highest BCUT2D eigenvalue weighted by Gasteiger charge is 2.18. The van der Waals surface area contributed by atoms with E-state index in [9.17, 15) is 9.59 Å². The lowest BCUT2D eigenvalue weighted by Crippen LogP contribution is -2.36. The molecule has 1 fully saturated rings. The molecule has 0 aromatic carbocycles. The molecule has 2 rings (SSSR count). The Kier molecular flexibility index (Phi) is 3.58. The first-order valence-electron chi connectivity index (χ1n) is 5.80. The van der Waals surface area contributed by atoms with E-state index >= 15 is 0 Å². The largest absolute Gasteiger partial charge is 0.355 e. The smallest absolute Gasteiger partial charge is 0.234 e. The zero-order valence-electron chi connectivity index (χ0n) is 9.98. The topological polar surface area (TPSA) is 54.3 Å². The maximum Gasteiger partial charge on any atom is 0.234 e. The zero-order chi connectivity index (χ0) is 12.3. The number of carbonyl (C=O) groups is 2. The van der Waals surface area contributed by atoms with Gasteiger partial charge in [0.25, 0.3) is 0 Å². The number of aromatic nitrogens is 1. The van der Waals surface area contributed by atoms with Crippen molar-refractivity contribution in [3.05, 3.63) is 24.0 Å². The standard InChI is InChI=1S/C12H17N3O2/c1-14-6-2-4-10(14)11(16)8-15-7-3-5-13-12(17)9-15/h2,4,6H,3,5,7-9H2,1H3,(H,13,17). The van der Waals surface area contributed by atoms with Crippen LogP contribution in [0.1, 0.15) is 16.9 Å². The molecule has 1 aromatic heterocycles. The van der Waals surface area contributed by atoms with Crippen molar-refractivity contribution in [1.29, 1.82) is 0 Å². The Labute approximate surface area is 100 Å². The van der Waals surface area contributed by atoms with E-state index in [0.29, 0.717) is 25.3 Å². The highest BCUT2D eigenvalue weighted by molar-refractivity contribution is 5.96. The molecular weight excluding hydrogens is 218 g/mol. The van der Waals surface area contributed by atoms with Crippen molar-refractivity contribution in [3.8, 4) is 0 Å². The average Bonchev–Trinajstić information content (AvgIpc) is 2.60. The number of ketones is 1. The van der Waals surface area contributed by atoms with Gasteiger partial charge in [-0.1, -0.05) is 0 Å². The van der Waals surface area contributed by atoms with Crippen molar-refractivity contribution in [3.63, 3.8) is 0 Å². The molecule has 0 spiro atoms. The van der Waals surface area contributed by atoms with Gasteiger partial charge < -0.3 is 9.88 Å². The molecule has 1 aliphatic rings. The number of nitrogens with one attached hydrogen (secondary N) is 1. The molecule has 17 heavy (non-hydrogen) atoms. The number of rotatable bonds is 3. The molecule has 1 saturated heterocycles. The molecule has 0 bridgehead atoms. The summed E-state index contributed by atoms with van der Waals surface area (Å²) in [5.41, 5.74) is 0.689. The highest BCUT2D eigenvalue weighted by Crippen LogP contribution is 2.04. The fourth-order valence-corrected chi connectivity index (χ4v) is 2.04. The van der Waals surface area contributed by atoms with Gasteiger partial charge in [-0.05, 0) is 18.6 Å². The van der Waals surface area contributed by atoms with Crippen molar-refractivity contribution in [2.24, 2.45) is 7.05 Å². The van der Waals surface area contributed by atoms with Crippen LogP contribution in [0.4, 0.5) is 0 Å². The summed E-state index contributed by atoms with van der Waals surface area (Å²) in [6, 6.07) is 3.66. The number of hydrogen-bond acceptors (Lipinski definition) is 3. The van der Waals surface area contributed by atoms with E-state index in [1.807, 2.05) is 24.2 Å². The van der Waals surface area contributed by atoms with Crippen molar-refractivity contribution in [2.45, 2.75) is 6.42 Å². The monoisotopic (exact) mass is 235 g/mol. The molecule has 1 amide bonds. The van der Waals surface area contributed by atoms with E-state index in [2.05, 4.69) is 5.32 Å². The van der Waals surface area contributed by atoms with Crippen molar-refractivity contribution in [2.75, 3.05) is 26.2 Å². The van der Waals surface area contributed by atoms with E-state index in [4.69, 9.17) is 0 Å². The van der Waals surface area contributed by atoms with E-state index < -0.39 is 0 Å². The summed E-state index contributed by atoms with van der Waals surface area (Å²) >= 11 is 0. The van der Waals surface area contributed by atoms with Crippen LogP contribution >= 0.6 is 0 Å². The van der Waals surface area contributed by atoms with Gasteiger partial charge in [0.05, 0.1) is 18.8 Å². The van der Waals surface area contributed by atoms with E-state index in [0.717, 1.165) is 13.0 Å². The van der Waals surface area contributed by atoms with Gasteiger partial charge in [-0.25, -0.2) is 0 Å². The molecule has 0 saturated carbocycles. The number of Topliss-reactive ketones (excluding diaryl/α,β-unsaturated/α-hetero) is 1. The molecule has 1 aliphatic heterocycles. The average molecular weight is 235 g/mol. The van der Waals surface area contributed by atoms with Crippen LogP contribution in [0, 0.1) is 0 Å².